The average molecular weight is 433 g/mol. The van der Waals surface area contributed by atoms with Crippen LogP contribution in [0.4, 0.5) is 10.3 Å². The first-order chi connectivity index (χ1) is 15.4. The van der Waals surface area contributed by atoms with Crippen LogP contribution in [0.25, 0.3) is 16.9 Å². The number of likely N-dealkylation sites (N-methyl/N-ethyl adjacent to an activating group) is 1. The van der Waals surface area contributed by atoms with Crippen molar-refractivity contribution in [3.63, 3.8) is 0 Å². The lowest BCUT2D eigenvalue weighted by Crippen LogP contribution is -2.35. The maximum Gasteiger partial charge on any atom is 0.263 e. The lowest BCUT2D eigenvalue weighted by atomic mass is 9.93. The van der Waals surface area contributed by atoms with E-state index in [1.54, 1.807) is 0 Å². The fraction of sp³-hybridized carbons (Fsp3) is 0.304. The fourth-order valence-corrected chi connectivity index (χ4v) is 4.34. The van der Waals surface area contributed by atoms with Gasteiger partial charge in [0.05, 0.1) is 12.4 Å². The highest BCUT2D eigenvalue weighted by molar-refractivity contribution is 5.76. The molecule has 4 heterocycles. The van der Waals surface area contributed by atoms with Crippen LogP contribution in [0, 0.1) is 12.7 Å². The molecule has 3 aromatic heterocycles. The molecule has 32 heavy (non-hydrogen) atoms. The standard InChI is InChI=1S/C23H24FN7O/c1-14-4-6-15(7-5-14)18-12-30(13-19(18)29(2)3)23-27-21-17(22(32)28-23)11-26-31(21)20-9-8-16(24)10-25-20/h4-11,18-19H,12-13H2,1-3H3,(H,27,28,32)/t18-,19+/m1/s1. The van der Waals surface area contributed by atoms with Crippen molar-refractivity contribution in [1.29, 1.82) is 0 Å². The van der Waals surface area contributed by atoms with Crippen molar-refractivity contribution < 1.29 is 4.39 Å². The van der Waals surface area contributed by atoms with E-state index < -0.39 is 5.82 Å². The number of pyridine rings is 1. The van der Waals surface area contributed by atoms with Crippen molar-refractivity contribution >= 4 is 17.0 Å². The molecular weight excluding hydrogens is 409 g/mol. The first kappa shape index (κ1) is 20.3. The van der Waals surface area contributed by atoms with Crippen LogP contribution in [0.3, 0.4) is 0 Å². The summed E-state index contributed by atoms with van der Waals surface area (Å²) >= 11 is 0. The van der Waals surface area contributed by atoms with Gasteiger partial charge in [-0.15, -0.1) is 0 Å². The monoisotopic (exact) mass is 433 g/mol. The number of hydrogen-bond acceptors (Lipinski definition) is 6. The first-order valence-electron chi connectivity index (χ1n) is 10.5. The molecular formula is C23H24FN7O. The van der Waals surface area contributed by atoms with E-state index in [1.807, 2.05) is 0 Å². The van der Waals surface area contributed by atoms with E-state index in [-0.39, 0.29) is 17.5 Å². The Morgan fingerprint density at radius 2 is 1.88 bits per heavy atom. The van der Waals surface area contributed by atoms with Gasteiger partial charge in [-0.1, -0.05) is 29.8 Å². The highest BCUT2D eigenvalue weighted by atomic mass is 19.1. The highest BCUT2D eigenvalue weighted by Gasteiger charge is 2.36. The third kappa shape index (κ3) is 3.54. The quantitative estimate of drug-likeness (QED) is 0.533. The van der Waals surface area contributed by atoms with Crippen LogP contribution in [0.1, 0.15) is 17.0 Å². The van der Waals surface area contributed by atoms with Crippen molar-refractivity contribution in [3.8, 4) is 5.82 Å². The van der Waals surface area contributed by atoms with Gasteiger partial charge < -0.3 is 9.80 Å². The number of rotatable bonds is 4. The molecule has 8 nitrogen and oxygen atoms in total. The first-order valence-corrected chi connectivity index (χ1v) is 10.5. The molecule has 1 N–H and O–H groups in total. The molecule has 164 valence electrons. The lowest BCUT2D eigenvalue weighted by molar-refractivity contribution is 0.292. The smallest absolute Gasteiger partial charge is 0.263 e. The van der Waals surface area contributed by atoms with Crippen LogP contribution >= 0.6 is 0 Å². The number of nitrogens with one attached hydrogen (secondary N) is 1. The Bertz CT molecular complexity index is 1310. The number of aromatic amines is 1. The van der Waals surface area contributed by atoms with Crippen LogP contribution in [0.2, 0.25) is 0 Å². The Kier molecular flexibility index (Phi) is 4.97. The van der Waals surface area contributed by atoms with Crippen LogP contribution in [-0.2, 0) is 0 Å². The molecule has 0 unspecified atom stereocenters. The van der Waals surface area contributed by atoms with Gasteiger partial charge in [-0.2, -0.15) is 14.8 Å². The van der Waals surface area contributed by atoms with Gasteiger partial charge >= 0.3 is 0 Å². The number of H-pyrrole nitrogens is 1. The molecule has 1 aromatic carbocycles. The minimum atomic E-state index is -0.439. The van der Waals surface area contributed by atoms with E-state index in [2.05, 4.69) is 70.2 Å². The van der Waals surface area contributed by atoms with Crippen LogP contribution < -0.4 is 10.5 Å². The zero-order chi connectivity index (χ0) is 22.4. The predicted octanol–water partition coefficient (Wildman–Crippen LogP) is 2.49. The number of aromatic nitrogens is 5. The van der Waals surface area contributed by atoms with Gasteiger partial charge in [-0.05, 0) is 38.7 Å². The summed E-state index contributed by atoms with van der Waals surface area (Å²) in [4.78, 5) is 28.8. The number of nitrogens with zero attached hydrogens (tertiary/aromatic N) is 6. The zero-order valence-electron chi connectivity index (χ0n) is 18.2. The molecule has 0 aliphatic carbocycles. The topological polar surface area (TPSA) is 82.9 Å². The van der Waals surface area contributed by atoms with Crippen LogP contribution in [-0.4, -0.2) is 62.9 Å². The van der Waals surface area contributed by atoms with Gasteiger partial charge in [0.25, 0.3) is 5.56 Å². The Labute approximate surface area is 184 Å². The molecule has 1 aliphatic rings. The van der Waals surface area contributed by atoms with Crippen molar-refractivity contribution in [3.05, 3.63) is 76.1 Å². The normalized spacial score (nSPS) is 18.7. The molecule has 2 atom stereocenters. The van der Waals surface area contributed by atoms with Crippen LogP contribution in [0.5, 0.6) is 0 Å². The van der Waals surface area contributed by atoms with Crippen molar-refractivity contribution in [2.45, 2.75) is 18.9 Å². The van der Waals surface area contributed by atoms with E-state index in [0.717, 1.165) is 19.3 Å². The molecule has 1 saturated heterocycles. The third-order valence-corrected chi connectivity index (χ3v) is 6.11. The van der Waals surface area contributed by atoms with E-state index in [1.165, 1.54) is 34.1 Å². The number of anilines is 1. The molecule has 1 aliphatic heterocycles. The predicted molar refractivity (Wildman–Crippen MR) is 121 cm³/mol. The summed E-state index contributed by atoms with van der Waals surface area (Å²) in [6, 6.07) is 11.7. The SMILES string of the molecule is Cc1ccc([C@H]2CN(c3nc4c(cnn4-c4ccc(F)cn4)c(=O)[nH]3)C[C@@H]2N(C)C)cc1. The minimum absolute atomic E-state index is 0.265. The van der Waals surface area contributed by atoms with E-state index in [0.29, 0.717) is 22.8 Å². The Hall–Kier alpha value is -3.59. The Morgan fingerprint density at radius 1 is 1.09 bits per heavy atom. The summed E-state index contributed by atoms with van der Waals surface area (Å²) in [6.07, 6.45) is 2.57. The molecule has 5 rings (SSSR count). The van der Waals surface area contributed by atoms with Gasteiger partial charge in [-0.3, -0.25) is 9.78 Å². The fourth-order valence-electron chi connectivity index (χ4n) is 4.34. The van der Waals surface area contributed by atoms with Gasteiger partial charge in [0.2, 0.25) is 5.95 Å². The summed E-state index contributed by atoms with van der Waals surface area (Å²) < 4.78 is 14.8. The Morgan fingerprint density at radius 3 is 2.56 bits per heavy atom. The second kappa shape index (κ2) is 7.83. The van der Waals surface area contributed by atoms with Crippen molar-refractivity contribution in [2.75, 3.05) is 32.1 Å². The summed E-state index contributed by atoms with van der Waals surface area (Å²) in [7, 11) is 4.15. The second-order valence-electron chi connectivity index (χ2n) is 8.47. The summed E-state index contributed by atoms with van der Waals surface area (Å²) in [5, 5.41) is 4.62. The lowest BCUT2D eigenvalue weighted by Gasteiger charge is -2.25. The van der Waals surface area contributed by atoms with Crippen LogP contribution in [0.15, 0.2) is 53.6 Å². The highest BCUT2D eigenvalue weighted by Crippen LogP contribution is 2.32. The summed E-state index contributed by atoms with van der Waals surface area (Å²) in [5.41, 5.74) is 2.62. The molecule has 0 amide bonds. The zero-order valence-corrected chi connectivity index (χ0v) is 18.2. The minimum Gasteiger partial charge on any atom is -0.340 e. The second-order valence-corrected chi connectivity index (χ2v) is 8.47. The molecule has 9 heteroatoms. The largest absolute Gasteiger partial charge is 0.340 e. The molecule has 1 fully saturated rings. The number of fused-ring (bicyclic) bond motifs is 1. The number of benzene rings is 1. The van der Waals surface area contributed by atoms with Gasteiger partial charge in [0.1, 0.15) is 11.2 Å². The molecule has 0 bridgehead atoms. The maximum atomic E-state index is 13.3. The number of aryl methyl sites for hydroxylation is 1. The van der Waals surface area contributed by atoms with Crippen molar-refractivity contribution in [1.82, 2.24) is 29.6 Å². The summed E-state index contributed by atoms with van der Waals surface area (Å²) in [5.74, 6) is 0.726. The number of hydrogen-bond donors (Lipinski definition) is 1. The summed E-state index contributed by atoms with van der Waals surface area (Å²) in [6.45, 7) is 3.53. The van der Waals surface area contributed by atoms with Gasteiger partial charge in [0, 0.05) is 25.0 Å². The average Bonchev–Trinajstić information content (AvgIpc) is 3.40. The molecule has 0 saturated carbocycles. The van der Waals surface area contributed by atoms with Crippen molar-refractivity contribution in [2.24, 2.45) is 0 Å². The maximum absolute atomic E-state index is 13.3. The molecule has 0 radical (unpaired) electrons. The third-order valence-electron chi connectivity index (χ3n) is 6.11. The van der Waals surface area contributed by atoms with E-state index >= 15 is 0 Å². The molecule has 4 aromatic rings. The van der Waals surface area contributed by atoms with Gasteiger partial charge in [0.15, 0.2) is 11.5 Å². The van der Waals surface area contributed by atoms with Gasteiger partial charge in [-0.25, -0.2) is 9.37 Å². The van der Waals surface area contributed by atoms with E-state index in [9.17, 15) is 9.18 Å². The number of halogens is 1. The van der Waals surface area contributed by atoms with E-state index in [4.69, 9.17) is 4.98 Å². The molecule has 0 spiro atoms. The Balaban J connectivity index is 1.54.